The number of fused-ring (bicyclic) bond motifs is 1. The van der Waals surface area contributed by atoms with Crippen molar-refractivity contribution in [1.29, 1.82) is 0 Å². The van der Waals surface area contributed by atoms with Gasteiger partial charge in [-0.3, -0.25) is 24.6 Å². The van der Waals surface area contributed by atoms with E-state index in [1.165, 1.54) is 4.90 Å². The van der Waals surface area contributed by atoms with Crippen molar-refractivity contribution in [2.75, 3.05) is 13.6 Å². The second-order valence-electron chi connectivity index (χ2n) is 8.63. The Hall–Kier alpha value is -3.98. The van der Waals surface area contributed by atoms with Gasteiger partial charge in [-0.15, -0.1) is 0 Å². The van der Waals surface area contributed by atoms with E-state index in [0.717, 1.165) is 22.2 Å². The number of likely N-dealkylation sites (tertiary alicyclic amines) is 1. The van der Waals surface area contributed by atoms with Crippen LogP contribution in [0, 0.1) is 6.92 Å². The summed E-state index contributed by atoms with van der Waals surface area (Å²) in [5.41, 5.74) is 3.67. The molecule has 34 heavy (non-hydrogen) atoms. The lowest BCUT2D eigenvalue weighted by atomic mass is 9.93. The molecule has 1 saturated heterocycles. The van der Waals surface area contributed by atoms with Crippen molar-refractivity contribution in [2.24, 2.45) is 0 Å². The molecule has 0 aliphatic carbocycles. The first-order chi connectivity index (χ1) is 16.3. The summed E-state index contributed by atoms with van der Waals surface area (Å²) in [7, 11) is 1.60. The molecule has 1 aliphatic rings. The second kappa shape index (κ2) is 9.48. The molecule has 4 rings (SSSR count). The zero-order chi connectivity index (χ0) is 24.3. The fourth-order valence-electron chi connectivity index (χ4n) is 4.31. The van der Waals surface area contributed by atoms with Crippen LogP contribution in [0.25, 0.3) is 10.9 Å². The number of rotatable bonds is 7. The number of hydroxylamine groups is 1. The number of amides is 3. The van der Waals surface area contributed by atoms with Gasteiger partial charge < -0.3 is 15.0 Å². The minimum Gasteiger partial charge on any atom is -0.489 e. The van der Waals surface area contributed by atoms with E-state index in [4.69, 9.17) is 9.94 Å². The molecule has 3 N–H and O–H groups in total. The van der Waals surface area contributed by atoms with Crippen LogP contribution in [0.15, 0.2) is 54.6 Å². The smallest absolute Gasteiger partial charge is 0.251 e. The summed E-state index contributed by atoms with van der Waals surface area (Å²) in [5, 5.41) is 12.7. The Morgan fingerprint density at radius 3 is 2.59 bits per heavy atom. The molecule has 1 unspecified atom stereocenters. The Kier molecular flexibility index (Phi) is 6.47. The average molecular weight is 463 g/mol. The molecule has 176 valence electrons. The van der Waals surface area contributed by atoms with Crippen LogP contribution in [0.4, 0.5) is 0 Å². The molecule has 0 saturated carbocycles. The highest BCUT2D eigenvalue weighted by molar-refractivity contribution is 5.96. The quantitative estimate of drug-likeness (QED) is 0.366. The van der Waals surface area contributed by atoms with Crippen LogP contribution in [-0.4, -0.2) is 51.9 Å². The summed E-state index contributed by atoms with van der Waals surface area (Å²) in [6, 6.07) is 16.5. The fraction of sp³-hybridized carbons (Fsp3) is 0.280. The number of ether oxygens (including phenoxy) is 1. The van der Waals surface area contributed by atoms with Crippen molar-refractivity contribution in [3.05, 3.63) is 71.4 Å². The maximum Gasteiger partial charge on any atom is 0.251 e. The molecule has 0 radical (unpaired) electrons. The van der Waals surface area contributed by atoms with Crippen LogP contribution in [0.2, 0.25) is 0 Å². The Morgan fingerprint density at radius 1 is 1.18 bits per heavy atom. The summed E-state index contributed by atoms with van der Waals surface area (Å²) in [6.07, 6.45) is -0.241. The first-order valence-electron chi connectivity index (χ1n) is 10.9. The average Bonchev–Trinajstić information content (AvgIpc) is 3.09. The Bertz CT molecular complexity index is 1240. The zero-order valence-electron chi connectivity index (χ0n) is 19.0. The molecular weight excluding hydrogens is 436 g/mol. The topological polar surface area (TPSA) is 121 Å². The van der Waals surface area contributed by atoms with E-state index in [0.29, 0.717) is 17.9 Å². The van der Waals surface area contributed by atoms with Gasteiger partial charge in [0.2, 0.25) is 11.8 Å². The van der Waals surface area contributed by atoms with Crippen LogP contribution in [0.1, 0.15) is 34.5 Å². The number of nitrogens with one attached hydrogen (secondary N) is 2. The van der Waals surface area contributed by atoms with Crippen LogP contribution >= 0.6 is 0 Å². The number of benzene rings is 2. The van der Waals surface area contributed by atoms with Crippen LogP contribution < -0.4 is 15.5 Å². The number of carbonyl (C=O) groups is 3. The molecule has 2 aromatic carbocycles. The summed E-state index contributed by atoms with van der Waals surface area (Å²) < 4.78 is 5.95. The molecule has 2 heterocycles. The number of hydrogen-bond donors (Lipinski definition) is 3. The molecule has 1 atom stereocenters. The number of hydrogen-bond acceptors (Lipinski definition) is 6. The number of pyridine rings is 1. The van der Waals surface area contributed by atoms with Crippen LogP contribution in [0.5, 0.6) is 5.75 Å². The van der Waals surface area contributed by atoms with Crippen LogP contribution in [-0.2, 0) is 16.2 Å². The molecule has 1 aromatic heterocycles. The monoisotopic (exact) mass is 462 g/mol. The van der Waals surface area contributed by atoms with Gasteiger partial charge in [-0.1, -0.05) is 18.2 Å². The van der Waals surface area contributed by atoms with E-state index in [9.17, 15) is 14.4 Å². The van der Waals surface area contributed by atoms with Gasteiger partial charge in [0.05, 0.1) is 23.9 Å². The van der Waals surface area contributed by atoms with Gasteiger partial charge >= 0.3 is 0 Å². The lowest BCUT2D eigenvalue weighted by molar-refractivity contribution is -0.130. The van der Waals surface area contributed by atoms with Gasteiger partial charge in [0.1, 0.15) is 12.4 Å². The third kappa shape index (κ3) is 4.99. The molecule has 0 bridgehead atoms. The minimum atomic E-state index is -1.09. The van der Waals surface area contributed by atoms with Gasteiger partial charge in [-0.2, -0.15) is 0 Å². The third-order valence-corrected chi connectivity index (χ3v) is 5.90. The van der Waals surface area contributed by atoms with Crippen LogP contribution in [0.3, 0.4) is 0 Å². The maximum atomic E-state index is 12.9. The number of nitrogens with zero attached hydrogens (tertiary/aromatic N) is 2. The van der Waals surface area contributed by atoms with Gasteiger partial charge in [0.25, 0.3) is 5.91 Å². The lowest BCUT2D eigenvalue weighted by Crippen LogP contribution is -2.52. The lowest BCUT2D eigenvalue weighted by Gasteiger charge is -2.28. The number of aromatic nitrogens is 1. The Morgan fingerprint density at radius 2 is 1.91 bits per heavy atom. The van der Waals surface area contributed by atoms with Crippen molar-refractivity contribution in [1.82, 2.24) is 20.7 Å². The normalized spacial score (nSPS) is 17.6. The summed E-state index contributed by atoms with van der Waals surface area (Å²) in [4.78, 5) is 42.7. The molecule has 9 nitrogen and oxygen atoms in total. The van der Waals surface area contributed by atoms with E-state index >= 15 is 0 Å². The maximum absolute atomic E-state index is 12.9. The zero-order valence-corrected chi connectivity index (χ0v) is 19.0. The number of likely N-dealkylation sites (N-methyl/N-ethyl adjacent to an activating group) is 1. The van der Waals surface area contributed by atoms with Gasteiger partial charge in [-0.05, 0) is 43.3 Å². The summed E-state index contributed by atoms with van der Waals surface area (Å²) in [5.74, 6) is -0.684. The van der Waals surface area contributed by atoms with Crippen molar-refractivity contribution in [2.45, 2.75) is 31.9 Å². The number of carbonyl (C=O) groups excluding carboxylic acids is 3. The highest BCUT2D eigenvalue weighted by Crippen LogP contribution is 2.26. The number of para-hydroxylation sites is 1. The second-order valence-corrected chi connectivity index (χ2v) is 8.63. The third-order valence-electron chi connectivity index (χ3n) is 5.90. The Balaban J connectivity index is 1.44. The SMILES string of the molecule is Cc1cc(COc2ccc(C(=O)NC3(CC(=O)NO)CC(=O)N(C)C3)cc2)c2ccccc2n1. The first kappa shape index (κ1) is 23.2. The van der Waals surface area contributed by atoms with E-state index in [-0.39, 0.29) is 25.3 Å². The minimum absolute atomic E-state index is 0.0246. The van der Waals surface area contributed by atoms with Crippen molar-refractivity contribution >= 4 is 28.6 Å². The summed E-state index contributed by atoms with van der Waals surface area (Å²) in [6.45, 7) is 2.46. The van der Waals surface area contributed by atoms with E-state index < -0.39 is 17.4 Å². The van der Waals surface area contributed by atoms with Gasteiger partial charge in [0, 0.05) is 35.8 Å². The van der Waals surface area contributed by atoms with E-state index in [2.05, 4.69) is 10.3 Å². The highest BCUT2D eigenvalue weighted by Gasteiger charge is 2.44. The fourth-order valence-corrected chi connectivity index (χ4v) is 4.31. The molecule has 0 spiro atoms. The van der Waals surface area contributed by atoms with E-state index in [1.54, 1.807) is 36.8 Å². The molecule has 3 amide bonds. The van der Waals surface area contributed by atoms with Crippen molar-refractivity contribution < 1.29 is 24.3 Å². The van der Waals surface area contributed by atoms with Gasteiger partial charge in [0.15, 0.2) is 0 Å². The molecule has 9 heteroatoms. The number of aryl methyl sites for hydroxylation is 1. The predicted molar refractivity (Wildman–Crippen MR) is 124 cm³/mol. The van der Waals surface area contributed by atoms with Crippen molar-refractivity contribution in [3.63, 3.8) is 0 Å². The van der Waals surface area contributed by atoms with Crippen molar-refractivity contribution in [3.8, 4) is 5.75 Å². The molecule has 1 aliphatic heterocycles. The highest BCUT2D eigenvalue weighted by atomic mass is 16.5. The molecule has 1 fully saturated rings. The first-order valence-corrected chi connectivity index (χ1v) is 10.9. The Labute approximate surface area is 196 Å². The molecule has 3 aromatic rings. The standard InChI is InChI=1S/C25H26N4O5/c1-16-11-18(20-5-3-4-6-21(20)26-16)14-34-19-9-7-17(8-10-19)24(32)27-25(12-22(30)28-33)13-23(31)29(2)15-25/h3-11,33H,12-15H2,1-2H3,(H,27,32)(H,28,30). The van der Waals surface area contributed by atoms with Gasteiger partial charge in [-0.25, -0.2) is 5.48 Å². The summed E-state index contributed by atoms with van der Waals surface area (Å²) >= 11 is 0. The largest absolute Gasteiger partial charge is 0.489 e. The predicted octanol–water partition coefficient (Wildman–Crippen LogP) is 2.35. The molecular formula is C25H26N4O5. The van der Waals surface area contributed by atoms with E-state index in [1.807, 2.05) is 37.3 Å².